The number of benzene rings is 1. The Kier molecular flexibility index (Phi) is 2.38. The minimum absolute atomic E-state index is 0.00583. The zero-order valence-corrected chi connectivity index (χ0v) is 9.57. The first-order valence-electron chi connectivity index (χ1n) is 5.16. The highest BCUT2D eigenvalue weighted by Crippen LogP contribution is 2.25. The summed E-state index contributed by atoms with van der Waals surface area (Å²) in [6.45, 7) is 4.83. The van der Waals surface area contributed by atoms with E-state index in [9.17, 15) is 9.59 Å². The number of hydrogen-bond donors (Lipinski definition) is 0. The topological polar surface area (TPSA) is 39.1 Å². The maximum Gasteiger partial charge on any atom is 0.228 e. The van der Waals surface area contributed by atoms with Gasteiger partial charge in [0.2, 0.25) is 5.91 Å². The number of ketones is 1. The second-order valence-corrected chi connectivity index (χ2v) is 3.89. The molecule has 0 atom stereocenters. The highest BCUT2D eigenvalue weighted by molar-refractivity contribution is 6.10. The molecule has 0 saturated carbocycles. The zero-order chi connectivity index (χ0) is 11.9. The molecule has 2 rings (SSSR count). The number of Topliss-reactive ketones (excluding diaryl/α,β-unsaturated/α-hetero) is 1. The molecule has 0 N–H and O–H groups in total. The van der Waals surface area contributed by atoms with Gasteiger partial charge in [-0.05, 0) is 19.9 Å². The average Bonchev–Trinajstić information content (AvgIpc) is 2.49. The van der Waals surface area contributed by atoms with Gasteiger partial charge in [-0.1, -0.05) is 18.2 Å². The molecule has 82 valence electrons. The van der Waals surface area contributed by atoms with Gasteiger partial charge in [0.05, 0.1) is 5.52 Å². The molecule has 1 aromatic carbocycles. The van der Waals surface area contributed by atoms with Crippen LogP contribution in [0.25, 0.3) is 10.9 Å². The summed E-state index contributed by atoms with van der Waals surface area (Å²) in [5, 5.41) is 0.850. The molecule has 2 aromatic rings. The number of nitrogens with zero attached hydrogens (tertiary/aromatic N) is 1. The minimum Gasteiger partial charge on any atom is -0.294 e. The van der Waals surface area contributed by atoms with Crippen LogP contribution >= 0.6 is 0 Å². The fraction of sp³-hybridized carbons (Fsp3) is 0.231. The van der Waals surface area contributed by atoms with E-state index in [2.05, 4.69) is 0 Å². The normalized spacial score (nSPS) is 10.7. The smallest absolute Gasteiger partial charge is 0.228 e. The van der Waals surface area contributed by atoms with E-state index in [1.807, 2.05) is 24.3 Å². The quantitative estimate of drug-likeness (QED) is 0.686. The van der Waals surface area contributed by atoms with Gasteiger partial charge < -0.3 is 0 Å². The Labute approximate surface area is 93.7 Å². The predicted octanol–water partition coefficient (Wildman–Crippen LogP) is 2.81. The van der Waals surface area contributed by atoms with Gasteiger partial charge in [-0.15, -0.1) is 0 Å². The fourth-order valence-electron chi connectivity index (χ4n) is 2.22. The van der Waals surface area contributed by atoms with Crippen molar-refractivity contribution in [2.24, 2.45) is 0 Å². The van der Waals surface area contributed by atoms with Gasteiger partial charge in [0, 0.05) is 23.6 Å². The number of carbonyl (C=O) groups is 2. The first kappa shape index (κ1) is 10.6. The summed E-state index contributed by atoms with van der Waals surface area (Å²) in [6, 6.07) is 7.47. The number of aromatic nitrogens is 1. The highest BCUT2D eigenvalue weighted by Gasteiger charge is 2.18. The Morgan fingerprint density at radius 2 is 1.75 bits per heavy atom. The molecule has 0 radical (unpaired) electrons. The highest BCUT2D eigenvalue weighted by atomic mass is 16.2. The average molecular weight is 215 g/mol. The monoisotopic (exact) mass is 215 g/mol. The van der Waals surface area contributed by atoms with Crippen LogP contribution < -0.4 is 0 Å². The number of hydrogen-bond acceptors (Lipinski definition) is 2. The molecule has 3 heteroatoms. The number of para-hydroxylation sites is 1. The summed E-state index contributed by atoms with van der Waals surface area (Å²) in [4.78, 5) is 23.2. The summed E-state index contributed by atoms with van der Waals surface area (Å²) in [5.41, 5.74) is 2.17. The van der Waals surface area contributed by atoms with Gasteiger partial charge in [0.1, 0.15) is 0 Å². The van der Waals surface area contributed by atoms with Crippen LogP contribution in [0.5, 0.6) is 0 Å². The van der Waals surface area contributed by atoms with E-state index in [1.165, 1.54) is 13.8 Å². The lowest BCUT2D eigenvalue weighted by atomic mass is 10.1. The predicted molar refractivity (Wildman–Crippen MR) is 63.0 cm³/mol. The van der Waals surface area contributed by atoms with E-state index >= 15 is 0 Å². The molecule has 1 aromatic heterocycles. The Bertz CT molecular complexity index is 542. The molecule has 0 aliphatic carbocycles. The minimum atomic E-state index is -0.0683. The molecular formula is C13H13NO2. The van der Waals surface area contributed by atoms with Crippen molar-refractivity contribution in [3.05, 3.63) is 35.5 Å². The van der Waals surface area contributed by atoms with E-state index in [4.69, 9.17) is 0 Å². The number of fused-ring (bicyclic) bond motifs is 1. The van der Waals surface area contributed by atoms with E-state index < -0.39 is 0 Å². The van der Waals surface area contributed by atoms with Crippen LogP contribution in [0.15, 0.2) is 24.3 Å². The molecule has 0 saturated heterocycles. The second-order valence-electron chi connectivity index (χ2n) is 3.89. The summed E-state index contributed by atoms with van der Waals surface area (Å²) in [7, 11) is 0. The lowest BCUT2D eigenvalue weighted by molar-refractivity contribution is 0.0939. The van der Waals surface area contributed by atoms with Crippen LogP contribution in [0.4, 0.5) is 0 Å². The van der Waals surface area contributed by atoms with Crippen LogP contribution in [0.3, 0.4) is 0 Å². The number of rotatable bonds is 1. The van der Waals surface area contributed by atoms with Gasteiger partial charge in [0.25, 0.3) is 0 Å². The van der Waals surface area contributed by atoms with Crippen molar-refractivity contribution in [2.45, 2.75) is 20.8 Å². The Hall–Kier alpha value is -1.90. The van der Waals surface area contributed by atoms with E-state index in [-0.39, 0.29) is 11.7 Å². The SMILES string of the molecule is CC(=O)c1c(C)n(C(C)=O)c2ccccc12. The maximum atomic E-state index is 11.6. The Balaban J connectivity index is 2.97. The largest absolute Gasteiger partial charge is 0.294 e. The standard InChI is InChI=1S/C13H13NO2/c1-8-13(9(2)15)11-6-4-5-7-12(11)14(8)10(3)16/h4-7H,1-3H3. The molecule has 0 amide bonds. The molecule has 0 unspecified atom stereocenters. The lowest BCUT2D eigenvalue weighted by Crippen LogP contribution is -2.08. The van der Waals surface area contributed by atoms with Crippen molar-refractivity contribution in [3.8, 4) is 0 Å². The van der Waals surface area contributed by atoms with Gasteiger partial charge >= 0.3 is 0 Å². The molecule has 0 spiro atoms. The Morgan fingerprint density at radius 1 is 1.12 bits per heavy atom. The van der Waals surface area contributed by atoms with Crippen LogP contribution in [0.1, 0.15) is 34.7 Å². The summed E-state index contributed by atoms with van der Waals surface area (Å²) in [5.74, 6) is -0.0742. The van der Waals surface area contributed by atoms with Gasteiger partial charge in [-0.2, -0.15) is 0 Å². The third-order valence-electron chi connectivity index (χ3n) is 2.78. The van der Waals surface area contributed by atoms with Crippen LogP contribution in [-0.2, 0) is 0 Å². The van der Waals surface area contributed by atoms with Crippen LogP contribution in [0, 0.1) is 6.92 Å². The van der Waals surface area contributed by atoms with Gasteiger partial charge in [-0.25, -0.2) is 0 Å². The third-order valence-corrected chi connectivity index (χ3v) is 2.78. The van der Waals surface area contributed by atoms with Crippen molar-refractivity contribution < 1.29 is 9.59 Å². The van der Waals surface area contributed by atoms with E-state index in [0.717, 1.165) is 16.6 Å². The molecule has 3 nitrogen and oxygen atoms in total. The van der Waals surface area contributed by atoms with Crippen molar-refractivity contribution in [1.29, 1.82) is 0 Å². The number of carbonyl (C=O) groups excluding carboxylic acids is 2. The third kappa shape index (κ3) is 1.36. The van der Waals surface area contributed by atoms with Gasteiger partial charge in [0.15, 0.2) is 5.78 Å². The summed E-state index contributed by atoms with van der Waals surface area (Å²) in [6.07, 6.45) is 0. The van der Waals surface area contributed by atoms with Crippen molar-refractivity contribution in [1.82, 2.24) is 4.57 Å². The van der Waals surface area contributed by atoms with Gasteiger partial charge in [-0.3, -0.25) is 14.2 Å². The maximum absolute atomic E-state index is 11.6. The first-order chi connectivity index (χ1) is 7.54. The van der Waals surface area contributed by atoms with E-state index in [0.29, 0.717) is 5.56 Å². The van der Waals surface area contributed by atoms with Crippen molar-refractivity contribution in [2.75, 3.05) is 0 Å². The fourth-order valence-corrected chi connectivity index (χ4v) is 2.22. The molecule has 0 aliphatic heterocycles. The summed E-state index contributed by atoms with van der Waals surface area (Å²) >= 11 is 0. The second kappa shape index (κ2) is 3.59. The van der Waals surface area contributed by atoms with Crippen LogP contribution in [0.2, 0.25) is 0 Å². The first-order valence-corrected chi connectivity index (χ1v) is 5.16. The van der Waals surface area contributed by atoms with E-state index in [1.54, 1.807) is 11.5 Å². The lowest BCUT2D eigenvalue weighted by Gasteiger charge is -2.01. The van der Waals surface area contributed by atoms with Crippen molar-refractivity contribution >= 4 is 22.6 Å². The van der Waals surface area contributed by atoms with Crippen molar-refractivity contribution in [3.63, 3.8) is 0 Å². The molecule has 0 fully saturated rings. The molecule has 0 bridgehead atoms. The summed E-state index contributed by atoms with van der Waals surface area (Å²) < 4.78 is 1.59. The zero-order valence-electron chi connectivity index (χ0n) is 9.57. The molecule has 16 heavy (non-hydrogen) atoms. The molecule has 0 aliphatic rings. The Morgan fingerprint density at radius 3 is 2.31 bits per heavy atom. The molecule has 1 heterocycles. The van der Waals surface area contributed by atoms with Crippen LogP contribution in [-0.4, -0.2) is 16.3 Å². The molecular weight excluding hydrogens is 202 g/mol.